The molecule has 0 fully saturated rings. The molecule has 0 amide bonds. The monoisotopic (exact) mass is 411 g/mol. The largest absolute Gasteiger partial charge is 0.497 e. The van der Waals surface area contributed by atoms with Crippen LogP contribution >= 0.6 is 0 Å². The van der Waals surface area contributed by atoms with Crippen LogP contribution in [0.2, 0.25) is 0 Å². The molecule has 0 atom stereocenters. The second-order valence-electron chi connectivity index (χ2n) is 6.36. The molecule has 0 saturated heterocycles. The SMILES string of the molecule is COc1ccc(-n2c(=O)[nH]c3nc(NCc4cc(F)cc(F)c4)ncc3c2=O)cc1. The predicted molar refractivity (Wildman–Crippen MR) is 106 cm³/mol. The van der Waals surface area contributed by atoms with Crippen LogP contribution in [0, 0.1) is 11.6 Å². The zero-order valence-corrected chi connectivity index (χ0v) is 15.6. The van der Waals surface area contributed by atoms with Gasteiger partial charge in [-0.2, -0.15) is 4.98 Å². The van der Waals surface area contributed by atoms with E-state index < -0.39 is 22.9 Å². The number of H-pyrrole nitrogens is 1. The number of benzene rings is 2. The average Bonchev–Trinajstić information content (AvgIpc) is 2.72. The van der Waals surface area contributed by atoms with Gasteiger partial charge in [-0.15, -0.1) is 0 Å². The predicted octanol–water partition coefficient (Wildman–Crippen LogP) is 2.37. The van der Waals surface area contributed by atoms with E-state index in [-0.39, 0.29) is 23.5 Å². The molecule has 2 aromatic carbocycles. The summed E-state index contributed by atoms with van der Waals surface area (Å²) in [7, 11) is 1.51. The lowest BCUT2D eigenvalue weighted by Crippen LogP contribution is -2.34. The average molecular weight is 411 g/mol. The Hall–Kier alpha value is -4.08. The van der Waals surface area contributed by atoms with Crippen molar-refractivity contribution in [2.24, 2.45) is 0 Å². The highest BCUT2D eigenvalue weighted by Crippen LogP contribution is 2.14. The van der Waals surface area contributed by atoms with Gasteiger partial charge in [0.25, 0.3) is 5.56 Å². The van der Waals surface area contributed by atoms with Crippen molar-refractivity contribution in [2.45, 2.75) is 6.54 Å². The van der Waals surface area contributed by atoms with Gasteiger partial charge < -0.3 is 10.1 Å². The highest BCUT2D eigenvalue weighted by atomic mass is 19.1. The minimum atomic E-state index is -0.699. The lowest BCUT2D eigenvalue weighted by Gasteiger charge is -2.09. The molecular weight excluding hydrogens is 396 g/mol. The van der Waals surface area contributed by atoms with Gasteiger partial charge in [-0.1, -0.05) is 0 Å². The number of aromatic nitrogens is 4. The van der Waals surface area contributed by atoms with Crippen molar-refractivity contribution in [3.63, 3.8) is 0 Å². The van der Waals surface area contributed by atoms with Crippen LogP contribution in [0.15, 0.2) is 58.3 Å². The van der Waals surface area contributed by atoms with Crippen molar-refractivity contribution >= 4 is 17.0 Å². The number of hydrogen-bond donors (Lipinski definition) is 2. The van der Waals surface area contributed by atoms with Gasteiger partial charge in [-0.25, -0.2) is 23.1 Å². The zero-order chi connectivity index (χ0) is 21.3. The fraction of sp³-hybridized carbons (Fsp3) is 0.100. The Labute approximate surface area is 167 Å². The highest BCUT2D eigenvalue weighted by molar-refractivity contribution is 5.73. The number of nitrogens with zero attached hydrogens (tertiary/aromatic N) is 3. The van der Waals surface area contributed by atoms with E-state index in [0.29, 0.717) is 17.0 Å². The van der Waals surface area contributed by atoms with Gasteiger partial charge in [0.15, 0.2) is 5.65 Å². The van der Waals surface area contributed by atoms with Gasteiger partial charge >= 0.3 is 5.69 Å². The number of anilines is 1. The van der Waals surface area contributed by atoms with E-state index >= 15 is 0 Å². The highest BCUT2D eigenvalue weighted by Gasteiger charge is 2.12. The van der Waals surface area contributed by atoms with E-state index in [9.17, 15) is 18.4 Å². The van der Waals surface area contributed by atoms with Crippen molar-refractivity contribution in [2.75, 3.05) is 12.4 Å². The first kappa shape index (κ1) is 19.2. The Morgan fingerprint density at radius 3 is 2.47 bits per heavy atom. The number of nitrogens with one attached hydrogen (secondary N) is 2. The van der Waals surface area contributed by atoms with E-state index in [1.165, 1.54) is 25.4 Å². The summed E-state index contributed by atoms with van der Waals surface area (Å²) >= 11 is 0. The van der Waals surface area contributed by atoms with E-state index in [1.807, 2.05) is 0 Å². The fourth-order valence-corrected chi connectivity index (χ4v) is 2.95. The van der Waals surface area contributed by atoms with Crippen molar-refractivity contribution in [3.05, 3.63) is 86.7 Å². The molecule has 2 N–H and O–H groups in total. The van der Waals surface area contributed by atoms with Crippen molar-refractivity contribution in [3.8, 4) is 11.4 Å². The van der Waals surface area contributed by atoms with Crippen LogP contribution in [-0.2, 0) is 6.54 Å². The molecule has 0 saturated carbocycles. The van der Waals surface area contributed by atoms with Gasteiger partial charge in [-0.3, -0.25) is 9.78 Å². The van der Waals surface area contributed by atoms with Crippen LogP contribution in [0.5, 0.6) is 5.75 Å². The summed E-state index contributed by atoms with van der Waals surface area (Å²) in [4.78, 5) is 36.0. The first-order chi connectivity index (χ1) is 14.4. The Morgan fingerprint density at radius 1 is 1.10 bits per heavy atom. The van der Waals surface area contributed by atoms with Crippen LogP contribution in [-0.4, -0.2) is 26.6 Å². The molecule has 0 radical (unpaired) electrons. The maximum atomic E-state index is 13.3. The maximum Gasteiger partial charge on any atom is 0.334 e. The second-order valence-corrected chi connectivity index (χ2v) is 6.36. The summed E-state index contributed by atoms with van der Waals surface area (Å²) in [6.45, 7) is 0.0489. The molecule has 0 unspecified atom stereocenters. The topological polar surface area (TPSA) is 102 Å². The van der Waals surface area contributed by atoms with E-state index in [2.05, 4.69) is 20.3 Å². The second kappa shape index (κ2) is 7.74. The summed E-state index contributed by atoms with van der Waals surface area (Å²) < 4.78 is 32.6. The zero-order valence-electron chi connectivity index (χ0n) is 15.6. The summed E-state index contributed by atoms with van der Waals surface area (Å²) in [5, 5.41) is 2.91. The summed E-state index contributed by atoms with van der Waals surface area (Å²) in [5.74, 6) is -0.727. The third-order valence-electron chi connectivity index (χ3n) is 4.35. The van der Waals surface area contributed by atoms with E-state index in [1.54, 1.807) is 24.3 Å². The van der Waals surface area contributed by atoms with E-state index in [0.717, 1.165) is 10.6 Å². The number of hydrogen-bond acceptors (Lipinski definition) is 6. The molecule has 0 spiro atoms. The van der Waals surface area contributed by atoms with E-state index in [4.69, 9.17) is 4.74 Å². The van der Waals surface area contributed by atoms with Crippen LogP contribution in [0.1, 0.15) is 5.56 Å². The molecule has 0 aliphatic heterocycles. The van der Waals surface area contributed by atoms with Gasteiger partial charge in [-0.05, 0) is 42.0 Å². The standard InChI is InChI=1S/C20H15F2N5O3/c1-30-15-4-2-14(3-5-15)27-18(28)16-10-24-19(25-17(16)26-20(27)29)23-9-11-6-12(21)8-13(22)7-11/h2-8,10H,9H2,1H3,(H2,23,24,25,26,29). The Morgan fingerprint density at radius 2 is 1.80 bits per heavy atom. The fourth-order valence-electron chi connectivity index (χ4n) is 2.95. The molecule has 0 bridgehead atoms. The molecule has 10 heteroatoms. The van der Waals surface area contributed by atoms with Crippen LogP contribution in [0.4, 0.5) is 14.7 Å². The molecule has 4 rings (SSSR count). The Balaban J connectivity index is 1.67. The third kappa shape index (κ3) is 3.75. The first-order valence-electron chi connectivity index (χ1n) is 8.80. The molecule has 2 aromatic heterocycles. The number of ether oxygens (including phenoxy) is 1. The van der Waals surface area contributed by atoms with Gasteiger partial charge in [0, 0.05) is 18.8 Å². The molecule has 2 heterocycles. The lowest BCUT2D eigenvalue weighted by atomic mass is 10.2. The Bertz CT molecular complexity index is 1330. The normalized spacial score (nSPS) is 10.9. The number of fused-ring (bicyclic) bond motifs is 1. The van der Waals surface area contributed by atoms with Crippen molar-refractivity contribution in [1.29, 1.82) is 0 Å². The first-order valence-corrected chi connectivity index (χ1v) is 8.80. The summed E-state index contributed by atoms with van der Waals surface area (Å²) in [6, 6.07) is 9.54. The smallest absolute Gasteiger partial charge is 0.334 e. The lowest BCUT2D eigenvalue weighted by molar-refractivity contribution is 0.414. The number of methoxy groups -OCH3 is 1. The molecular formula is C20H15F2N5O3. The third-order valence-corrected chi connectivity index (χ3v) is 4.35. The van der Waals surface area contributed by atoms with Crippen LogP contribution < -0.4 is 21.3 Å². The summed E-state index contributed by atoms with van der Waals surface area (Å²) in [5.41, 5.74) is -0.510. The molecule has 152 valence electrons. The minimum Gasteiger partial charge on any atom is -0.497 e. The molecule has 30 heavy (non-hydrogen) atoms. The maximum absolute atomic E-state index is 13.3. The molecule has 0 aliphatic rings. The van der Waals surface area contributed by atoms with Crippen LogP contribution in [0.3, 0.4) is 0 Å². The van der Waals surface area contributed by atoms with Gasteiger partial charge in [0.05, 0.1) is 12.8 Å². The van der Waals surface area contributed by atoms with Gasteiger partial charge in [0.2, 0.25) is 5.95 Å². The van der Waals surface area contributed by atoms with Gasteiger partial charge in [0.1, 0.15) is 22.8 Å². The summed E-state index contributed by atoms with van der Waals surface area (Å²) in [6.07, 6.45) is 1.27. The molecule has 0 aliphatic carbocycles. The molecule has 4 aromatic rings. The number of halogens is 2. The quantitative estimate of drug-likeness (QED) is 0.523. The number of rotatable bonds is 5. The molecule has 8 nitrogen and oxygen atoms in total. The number of aromatic amines is 1. The van der Waals surface area contributed by atoms with Crippen molar-refractivity contribution < 1.29 is 13.5 Å². The van der Waals surface area contributed by atoms with Crippen LogP contribution in [0.25, 0.3) is 16.7 Å². The Kier molecular flexibility index (Phi) is 4.97. The van der Waals surface area contributed by atoms with Crippen molar-refractivity contribution in [1.82, 2.24) is 19.5 Å². The minimum absolute atomic E-state index is 0.0395.